The molecule has 0 bridgehead atoms. The average Bonchev–Trinajstić information content (AvgIpc) is 1.28. The van der Waals surface area contributed by atoms with Crippen LogP contribution in [0.4, 0.5) is 0 Å². The molecule has 0 aliphatic carbocycles. The predicted molar refractivity (Wildman–Crippen MR) is 520 cm³/mol. The van der Waals surface area contributed by atoms with Crippen LogP contribution in [0.25, 0.3) is 65.5 Å². The summed E-state index contributed by atoms with van der Waals surface area (Å²) in [4.78, 5) is 74.6. The molecule has 135 heavy (non-hydrogen) atoms. The van der Waals surface area contributed by atoms with E-state index < -0.39 is 69.9 Å². The lowest BCUT2D eigenvalue weighted by Crippen LogP contribution is -2.52. The van der Waals surface area contributed by atoms with Crippen LogP contribution in [0.15, 0.2) is 114 Å². The molecule has 0 unspecified atom stereocenters. The highest BCUT2D eigenvalue weighted by molar-refractivity contribution is 6.35. The SMILES string of the molecule is Cc1cccc2c(C(C)(C)NC(=O)[C@@H]3CNCCO3)[nH]nc12.Cc1cccc2c(C(C)(C)NC(=O)[C@@H]3CNCCO3)[nH]nc12.Cc1cccc2c(C(C)(C)NC(=O)[C@@H]3CNCCO3)nn(C)c12.Cc1cccc2c(C(C)(C)NC(=O)[C@@H]3CNCCO3)nn(C)c12.Cc1cccc2c(C(C)(C)NC(=O)[C@@H]3CNCCO3)noc12.Cn1nc(C(C)(C)NC(=O)[C@@H]2CNCCO2)c2cccc(Cl)c21. The summed E-state index contributed by atoms with van der Waals surface area (Å²) in [7, 11) is 5.72. The van der Waals surface area contributed by atoms with Crippen LogP contribution in [0.2, 0.25) is 5.02 Å². The summed E-state index contributed by atoms with van der Waals surface area (Å²) in [6.45, 7) is 44.9. The fourth-order valence-corrected chi connectivity index (χ4v) is 18.0. The van der Waals surface area contributed by atoms with Crippen LogP contribution in [-0.2, 0) is 112 Å². The van der Waals surface area contributed by atoms with Crippen molar-refractivity contribution in [2.24, 2.45) is 21.1 Å². The molecule has 18 rings (SSSR count). The second-order valence-corrected chi connectivity index (χ2v) is 38.6. The van der Waals surface area contributed by atoms with Gasteiger partial charge in [0.05, 0.1) is 134 Å². The summed E-state index contributed by atoms with van der Waals surface area (Å²) in [5.41, 5.74) is 12.8. The maximum absolute atomic E-state index is 12.5. The summed E-state index contributed by atoms with van der Waals surface area (Å²) < 4.78 is 44.0. The fourth-order valence-electron chi connectivity index (χ4n) is 17.7. The number of fused-ring (bicyclic) bond motifs is 6. The molecule has 12 aromatic rings. The van der Waals surface area contributed by atoms with Gasteiger partial charge in [0, 0.05) is 132 Å². The Bertz CT molecular complexity index is 5580. The first-order valence-corrected chi connectivity index (χ1v) is 46.6. The Morgan fingerprint density at radius 3 is 0.881 bits per heavy atom. The molecule has 6 fully saturated rings. The minimum Gasteiger partial charge on any atom is -0.366 e. The number of aryl methyl sites for hydroxylation is 8. The number of hydrogen-bond donors (Lipinski definition) is 14. The molecule has 36 nitrogen and oxygen atoms in total. The van der Waals surface area contributed by atoms with Crippen LogP contribution in [0.1, 0.15) is 145 Å². The summed E-state index contributed by atoms with van der Waals surface area (Å²) in [5, 5.41) is 77.1. The molecule has 37 heteroatoms. The van der Waals surface area contributed by atoms with E-state index in [4.69, 9.17) is 44.5 Å². The number of nitrogens with zero attached hydrogens (tertiary/aromatic N) is 9. The van der Waals surface area contributed by atoms with Crippen LogP contribution >= 0.6 is 11.6 Å². The topological polar surface area (TPSA) is 439 Å². The second-order valence-electron chi connectivity index (χ2n) is 38.2. The smallest absolute Gasteiger partial charge is 0.251 e. The van der Waals surface area contributed by atoms with Crippen molar-refractivity contribution in [1.29, 1.82) is 0 Å². The number of nitrogens with one attached hydrogen (secondary N) is 14. The Morgan fingerprint density at radius 1 is 0.326 bits per heavy atom. The molecule has 6 amide bonds. The summed E-state index contributed by atoms with van der Waals surface area (Å²) in [5.74, 6) is -0.688. The molecule has 6 aliphatic rings. The number of H-pyrrole nitrogens is 2. The lowest BCUT2D eigenvalue weighted by molar-refractivity contribution is -0.136. The number of aromatic nitrogens is 11. The highest BCUT2D eigenvalue weighted by atomic mass is 35.5. The van der Waals surface area contributed by atoms with Crippen molar-refractivity contribution >= 4 is 113 Å². The van der Waals surface area contributed by atoms with E-state index in [0.29, 0.717) is 83.9 Å². The first kappa shape index (κ1) is 101. The van der Waals surface area contributed by atoms with E-state index in [1.165, 1.54) is 11.1 Å². The maximum Gasteiger partial charge on any atom is 0.251 e. The molecule has 6 aromatic heterocycles. The average molecular weight is 1880 g/mol. The maximum atomic E-state index is 12.5. The molecule has 0 radical (unpaired) electrons. The standard InChI is InChI=1S/2C17H24N4O2.C16H21ClN4O2.2C16H22N4O2.C16H21N3O3/c2*1-11-6-5-7-12-14(11)21(4)20-15(12)17(2,3)19-16(22)13-10-18-8-9-23-13;1-16(2,19-15(22)12-9-18-7-8-23-12)14-10-5-4-6-11(17)13(10)21(3)20-14;2*1-10-5-4-6-11-13(10)19-20-14(11)16(2,3)18-15(21)12-9-17-7-8-22-12;1-10-5-4-6-11-13(10)22-19-14(11)16(2,3)18-15(20)12-9-17-7-8-21-12/h2*5-7,13,18H,8-10H2,1-4H3,(H,19,22);4-6,12,18H,7-9H2,1-3H3,(H,19,22);2*4-6,12,17H,7-9H2,1-3H3,(H,18,21)(H,19,20);4-6,12,17H,7-9H2,1-3H3,(H,18,20)/t2*13-;4*12-/m000000/s1. The molecule has 726 valence electrons. The number of amides is 6. The molecule has 0 spiro atoms. The lowest BCUT2D eigenvalue weighted by Gasteiger charge is -2.30. The van der Waals surface area contributed by atoms with Gasteiger partial charge in [-0.25, -0.2) is 0 Å². The monoisotopic (exact) mass is 1880 g/mol. The molecular weight excluding hydrogens is 1740 g/mol. The number of aromatic amines is 2. The van der Waals surface area contributed by atoms with E-state index in [1.807, 2.05) is 219 Å². The molecular formula is C98H134ClN23O13. The van der Waals surface area contributed by atoms with Gasteiger partial charge >= 0.3 is 0 Å². The number of morpholine rings is 6. The van der Waals surface area contributed by atoms with Crippen LogP contribution < -0.4 is 63.8 Å². The van der Waals surface area contributed by atoms with Crippen molar-refractivity contribution in [2.45, 2.75) is 188 Å². The molecule has 6 aromatic carbocycles. The molecule has 6 atom stereocenters. The third kappa shape index (κ3) is 23.9. The summed E-state index contributed by atoms with van der Waals surface area (Å²) in [6.07, 6.45) is -2.71. The van der Waals surface area contributed by atoms with Gasteiger partial charge in [-0.2, -0.15) is 25.5 Å². The zero-order valence-electron chi connectivity index (χ0n) is 81.3. The Labute approximate surface area is 791 Å². The zero-order valence-corrected chi connectivity index (χ0v) is 82.1. The van der Waals surface area contributed by atoms with E-state index >= 15 is 0 Å². The molecule has 0 saturated carbocycles. The lowest BCUT2D eigenvalue weighted by atomic mass is 9.96. The Hall–Kier alpha value is -11.2. The van der Waals surface area contributed by atoms with Crippen LogP contribution in [-0.4, -0.2) is 245 Å². The predicted octanol–water partition coefficient (Wildman–Crippen LogP) is 7.91. The van der Waals surface area contributed by atoms with E-state index in [1.54, 1.807) is 4.68 Å². The quantitative estimate of drug-likeness (QED) is 0.0388. The van der Waals surface area contributed by atoms with Gasteiger partial charge in [0.2, 0.25) is 0 Å². The van der Waals surface area contributed by atoms with Gasteiger partial charge in [-0.05, 0) is 158 Å². The number of halogens is 1. The van der Waals surface area contributed by atoms with Crippen molar-refractivity contribution < 1.29 is 61.7 Å². The normalized spacial score (nSPS) is 19.2. The molecule has 14 N–H and O–H groups in total. The van der Waals surface area contributed by atoms with Crippen LogP contribution in [0, 0.1) is 34.6 Å². The number of hydrogen-bond acceptors (Lipinski definition) is 25. The van der Waals surface area contributed by atoms with Crippen molar-refractivity contribution in [2.75, 3.05) is 118 Å². The largest absolute Gasteiger partial charge is 0.366 e. The van der Waals surface area contributed by atoms with Gasteiger partial charge < -0.3 is 96.7 Å². The van der Waals surface area contributed by atoms with E-state index in [0.717, 1.165) is 156 Å². The van der Waals surface area contributed by atoms with Crippen molar-refractivity contribution in [1.82, 2.24) is 119 Å². The number of ether oxygens (including phenoxy) is 6. The van der Waals surface area contributed by atoms with Gasteiger partial charge in [-0.15, -0.1) is 0 Å². The van der Waals surface area contributed by atoms with Crippen LogP contribution in [0.5, 0.6) is 0 Å². The third-order valence-electron chi connectivity index (χ3n) is 24.8. The van der Waals surface area contributed by atoms with Gasteiger partial charge in [-0.3, -0.25) is 53.0 Å². The second kappa shape index (κ2) is 43.4. The molecule has 6 aliphatic heterocycles. The number of carbonyl (C=O) groups is 6. The van der Waals surface area contributed by atoms with Gasteiger partial charge in [0.15, 0.2) is 5.58 Å². The first-order chi connectivity index (χ1) is 64.2. The first-order valence-electron chi connectivity index (χ1n) is 46.2. The minimum absolute atomic E-state index is 0.103. The minimum atomic E-state index is -0.642. The van der Waals surface area contributed by atoms with Gasteiger partial charge in [0.1, 0.15) is 42.3 Å². The van der Waals surface area contributed by atoms with E-state index in [2.05, 4.69) is 143 Å². The van der Waals surface area contributed by atoms with Crippen LogP contribution in [0.3, 0.4) is 0 Å². The Balaban J connectivity index is 0.000000137. The highest BCUT2D eigenvalue weighted by Gasteiger charge is 2.40. The Kier molecular flexibility index (Phi) is 32.5. The highest BCUT2D eigenvalue weighted by Crippen LogP contribution is 2.37. The molecule has 6 saturated heterocycles. The third-order valence-corrected chi connectivity index (χ3v) is 25.1. The summed E-state index contributed by atoms with van der Waals surface area (Å²) in [6, 6.07) is 36.0. The van der Waals surface area contributed by atoms with Crippen molar-refractivity contribution in [3.05, 3.63) is 176 Å². The fraction of sp³-hybridized carbons (Fsp3) is 0.510. The van der Waals surface area contributed by atoms with Gasteiger partial charge in [0.25, 0.3) is 35.4 Å². The van der Waals surface area contributed by atoms with E-state index in [-0.39, 0.29) is 35.4 Å². The molecule has 12 heterocycles. The zero-order chi connectivity index (χ0) is 97.1. The number of para-hydroxylation sites is 6. The van der Waals surface area contributed by atoms with E-state index in [9.17, 15) is 28.8 Å². The Morgan fingerprint density at radius 2 is 0.578 bits per heavy atom. The number of benzene rings is 6. The van der Waals surface area contributed by atoms with Crippen molar-refractivity contribution in [3.63, 3.8) is 0 Å². The number of rotatable bonds is 18. The summed E-state index contributed by atoms with van der Waals surface area (Å²) >= 11 is 6.28. The van der Waals surface area contributed by atoms with Gasteiger partial charge in [-0.1, -0.05) is 114 Å². The number of carbonyl (C=O) groups excluding carboxylic acids is 6. The van der Waals surface area contributed by atoms with Crippen molar-refractivity contribution in [3.8, 4) is 0 Å².